The maximum absolute atomic E-state index is 15.1. The summed E-state index contributed by atoms with van der Waals surface area (Å²) in [7, 11) is 0. The molecule has 3 aliphatic rings. The van der Waals surface area contributed by atoms with Crippen LogP contribution in [0.2, 0.25) is 0 Å². The molecule has 0 spiro atoms. The van der Waals surface area contributed by atoms with Crippen LogP contribution in [0.25, 0.3) is 0 Å². The zero-order chi connectivity index (χ0) is 112. The Bertz CT molecular complexity index is 5330. The quantitative estimate of drug-likeness (QED) is 0.0250. The lowest BCUT2D eigenvalue weighted by Gasteiger charge is -2.31. The number of hydrogen-bond acceptors (Lipinski definition) is 31. The largest absolute Gasteiger partial charge is 0.508 e. The minimum absolute atomic E-state index is 0.0121. The first-order valence-electron chi connectivity index (χ1n) is 48.1. The normalized spacial score (nSPS) is 17.4. The van der Waals surface area contributed by atoms with Crippen molar-refractivity contribution in [2.24, 2.45) is 11.8 Å². The molecule has 29 N–H and O–H groups in total. The Morgan fingerprint density at radius 1 is 0.353 bits per heavy atom. The van der Waals surface area contributed by atoms with Gasteiger partial charge < -0.3 is 161 Å². The Labute approximate surface area is 855 Å². The lowest BCUT2D eigenvalue weighted by molar-refractivity contribution is -0.145. The highest BCUT2D eigenvalue weighted by atomic mass is 16.4. The average molecular weight is 2120 g/mol. The molecule has 0 unspecified atom stereocenters. The van der Waals surface area contributed by atoms with Crippen LogP contribution in [0.5, 0.6) is 11.5 Å². The van der Waals surface area contributed by atoms with E-state index in [1.165, 1.54) is 48.9 Å². The molecule has 19 atom stereocenters. The van der Waals surface area contributed by atoms with E-state index in [1.54, 1.807) is 27.7 Å². The summed E-state index contributed by atoms with van der Waals surface area (Å²) in [5.74, 6) is -35.2. The summed E-state index contributed by atoms with van der Waals surface area (Å²) >= 11 is 0. The highest BCUT2D eigenvalue weighted by Crippen LogP contribution is 2.25. The maximum atomic E-state index is 15.1. The molecule has 3 fully saturated rings. The van der Waals surface area contributed by atoms with Gasteiger partial charge in [0.05, 0.1) is 44.3 Å². The summed E-state index contributed by atoms with van der Waals surface area (Å²) in [6.45, 7) is 7.21. The molecule has 0 aliphatic carbocycles. The Balaban J connectivity index is 1.18. The number of carbonyl (C=O) groups excluding carboxylic acids is 17. The lowest BCUT2D eigenvalue weighted by Crippen LogP contribution is -2.62. The van der Waals surface area contributed by atoms with E-state index in [9.17, 15) is 176 Å². The van der Waals surface area contributed by atoms with Gasteiger partial charge in [0.15, 0.2) is 0 Å². The number of aliphatic carboxylic acids is 8. The number of hydrogen-bond donors (Lipinski definition) is 29. The number of phenolic OH excluding ortho intramolecular Hbond substituents is 2. The molecule has 1 aromatic heterocycles. The molecule has 17 amide bonds. The second-order valence-electron chi connectivity index (χ2n) is 37.1. The number of likely N-dealkylation sites (tertiary alicyclic amines) is 2. The second kappa shape index (κ2) is 59.6. The molecule has 4 heterocycles. The van der Waals surface area contributed by atoms with Crippen molar-refractivity contribution in [3.05, 3.63) is 77.9 Å². The van der Waals surface area contributed by atoms with Crippen LogP contribution in [0.1, 0.15) is 180 Å². The summed E-state index contributed by atoms with van der Waals surface area (Å²) in [5, 5.41) is 157. The number of aromatic amines is 1. The van der Waals surface area contributed by atoms with Gasteiger partial charge in [0.1, 0.15) is 114 Å². The van der Waals surface area contributed by atoms with E-state index < -0.39 is 353 Å². The van der Waals surface area contributed by atoms with Crippen molar-refractivity contribution in [1.82, 2.24) is 105 Å². The fourth-order valence-corrected chi connectivity index (χ4v) is 16.3. The van der Waals surface area contributed by atoms with Gasteiger partial charge in [-0.1, -0.05) is 52.0 Å². The predicted molar refractivity (Wildman–Crippen MR) is 511 cm³/mol. The first kappa shape index (κ1) is 123. The number of nitrogens with one attached hydrogen (secondary N) is 17. The molecule has 3 saturated heterocycles. The minimum atomic E-state index is -2.31. The molecular weight excluding hydrogens is 1990 g/mol. The number of aliphatic hydroxyl groups excluding tert-OH is 2. The molecule has 6 rings (SSSR count). The lowest BCUT2D eigenvalue weighted by atomic mass is 10.00. The van der Waals surface area contributed by atoms with Crippen molar-refractivity contribution in [3.63, 3.8) is 0 Å². The molecule has 0 radical (unpaired) electrons. The monoisotopic (exact) mass is 2120 g/mol. The SMILES string of the molecule is CC(C)C[C@H](NC(=O)[C@H](CC(=O)O)NC(=O)[C@H](CC(=O)O)NC(=O)[C@H](CCC(=O)O)NC(=O)[C@@H]1CCCN1C(=O)[C@H](Cc1ccc(O)cc1)NC(=O)[C@H](CC(C)C)NC(=O)[C@H](CO)NC(=O)[C@H](CC(=O)O)NC(=O)[C@H](Cc1ccc(O)cc1)NC(=O)[C@H](CCC(=O)O)NC(=O)[C@@H](NC(=O)[C@H](CCC(=O)O)NC(=O)[C@H](C)NC(=O)[C@@H]1CCCN1C(=O)[C@H](Cc1cnc[nH]1)NC(=O)[C@H](CCC(=O)O)NC(=O)[C@@H]1CCCN1)[C@@H](C)O)C(=O)O. The van der Waals surface area contributed by atoms with Gasteiger partial charge in [0, 0.05) is 69.9 Å². The number of imidazole rings is 1. The van der Waals surface area contributed by atoms with E-state index in [1.807, 2.05) is 10.6 Å². The number of carboxylic acid groups (broad SMARTS) is 8. The number of aromatic hydroxyl groups is 2. The van der Waals surface area contributed by atoms with Gasteiger partial charge in [0.25, 0.3) is 0 Å². The summed E-state index contributed by atoms with van der Waals surface area (Å²) in [6, 6.07) is -22.6. The van der Waals surface area contributed by atoms with E-state index in [2.05, 4.69) is 84.4 Å². The van der Waals surface area contributed by atoms with Crippen LogP contribution in [-0.4, -0.2) is 370 Å². The number of rotatable bonds is 63. The summed E-state index contributed by atoms with van der Waals surface area (Å²) in [6.07, 6.45) is -10.1. The van der Waals surface area contributed by atoms with Gasteiger partial charge in [-0.2, -0.15) is 0 Å². The Morgan fingerprint density at radius 2 is 0.687 bits per heavy atom. The molecular formula is C93H130N20O37. The summed E-state index contributed by atoms with van der Waals surface area (Å²) in [5.41, 5.74) is 0.645. The van der Waals surface area contributed by atoms with Crippen molar-refractivity contribution in [2.45, 2.75) is 298 Å². The Morgan fingerprint density at radius 3 is 1.07 bits per heavy atom. The third-order valence-corrected chi connectivity index (χ3v) is 24.1. The molecule has 0 saturated carbocycles. The molecule has 2 aromatic carbocycles. The fourth-order valence-electron chi connectivity index (χ4n) is 16.3. The minimum Gasteiger partial charge on any atom is -0.508 e. The van der Waals surface area contributed by atoms with Gasteiger partial charge in [-0.05, 0) is 145 Å². The number of phenols is 2. The zero-order valence-corrected chi connectivity index (χ0v) is 82.7. The van der Waals surface area contributed by atoms with E-state index in [-0.39, 0.29) is 93.0 Å². The molecule has 824 valence electrons. The molecule has 3 aliphatic heterocycles. The van der Waals surface area contributed by atoms with Crippen molar-refractivity contribution in [3.8, 4) is 11.5 Å². The average Bonchev–Trinajstić information content (AvgIpc) is 1.73. The first-order valence-corrected chi connectivity index (χ1v) is 48.1. The topological polar surface area (TPSA) is 897 Å². The standard InChI is InChI=1S/C93H130N20O37/c1-43(2)32-57(82(138)107-62(35-48-15-19-51(117)20-16-48)91(147)113-31-9-12-67(113)89(145)100-54(22-26-69(120)121)78(134)104-59(37-72(126)127)84(140)106-60(38-73(128)129)85(141)109-64(93(149)150)33-44(3)4)102-87(143)65(41-114)110-86(142)61(39-74(130)131)105-83(139)58(34-47-13-17-50(116)18-14-47)103-79(135)55(23-27-70(122)123)101-90(146)75(46(6)115)111-81(137)56(24-28-71(124)125)98-76(132)45(5)97-88(144)66-11-8-30-112(66)92(148)63(36-49-40-94-42-96-49)108-80(136)53(21-25-68(118)119)99-77(133)52-10-7-29-95-52/h13-20,40,42-46,52-67,75,95,114-117H,7-12,21-39,41H2,1-6H3,(H,94,96)(H,97,144)(H,98,132)(H,99,133)(H,100,145)(H,101,146)(H,102,143)(H,103,135)(H,104,134)(H,105,139)(H,106,140)(H,107,138)(H,108,136)(H,109,141)(H,110,142)(H,111,137)(H,118,119)(H,120,121)(H,122,123)(H,124,125)(H,126,127)(H,128,129)(H,130,131)(H,149,150)/t45-,46+,52-,53-,54-,55-,56-,57-,58-,59-,60-,61-,62-,63-,64-,65-,66-,67-,75-/m0/s1. The van der Waals surface area contributed by atoms with Crippen LogP contribution in [-0.2, 0) is 139 Å². The number of H-pyrrole nitrogens is 1. The highest BCUT2D eigenvalue weighted by Gasteiger charge is 2.46. The van der Waals surface area contributed by atoms with Gasteiger partial charge in [0.2, 0.25) is 100 Å². The van der Waals surface area contributed by atoms with Gasteiger partial charge >= 0.3 is 47.8 Å². The number of benzene rings is 2. The number of aromatic nitrogens is 2. The van der Waals surface area contributed by atoms with Crippen molar-refractivity contribution in [1.29, 1.82) is 0 Å². The Kier molecular flexibility index (Phi) is 48.7. The van der Waals surface area contributed by atoms with E-state index >= 15 is 4.79 Å². The number of nitrogens with zero attached hydrogens (tertiary/aromatic N) is 3. The molecule has 3 aromatic rings. The molecule has 150 heavy (non-hydrogen) atoms. The zero-order valence-electron chi connectivity index (χ0n) is 82.7. The number of carboxylic acids is 8. The van der Waals surface area contributed by atoms with E-state index in [0.29, 0.717) is 25.1 Å². The van der Waals surface area contributed by atoms with Gasteiger partial charge in [-0.3, -0.25) is 115 Å². The predicted octanol–water partition coefficient (Wildman–Crippen LogP) is -7.69. The summed E-state index contributed by atoms with van der Waals surface area (Å²) in [4.78, 5) is 348. The van der Waals surface area contributed by atoms with Crippen LogP contribution in [0.4, 0.5) is 0 Å². The van der Waals surface area contributed by atoms with E-state index in [0.717, 1.165) is 35.8 Å². The van der Waals surface area contributed by atoms with Crippen molar-refractivity contribution < 1.29 is 181 Å². The van der Waals surface area contributed by atoms with Gasteiger partial charge in [-0.15, -0.1) is 0 Å². The van der Waals surface area contributed by atoms with Crippen molar-refractivity contribution >= 4 is 148 Å². The molecule has 57 heteroatoms. The molecule has 57 nitrogen and oxygen atoms in total. The van der Waals surface area contributed by atoms with Crippen molar-refractivity contribution in [2.75, 3.05) is 26.2 Å². The summed E-state index contributed by atoms with van der Waals surface area (Å²) < 4.78 is 0. The Hall–Kier alpha value is -16.1. The van der Waals surface area contributed by atoms with Crippen LogP contribution in [0.15, 0.2) is 61.1 Å². The fraction of sp³-hybridized carbons (Fsp3) is 0.570. The highest BCUT2D eigenvalue weighted by molar-refractivity contribution is 6.03. The second-order valence-corrected chi connectivity index (χ2v) is 37.1. The van der Waals surface area contributed by atoms with Crippen LogP contribution >= 0.6 is 0 Å². The van der Waals surface area contributed by atoms with E-state index in [4.69, 9.17) is 0 Å². The van der Waals surface area contributed by atoms with Gasteiger partial charge in [-0.25, -0.2) is 9.78 Å². The van der Waals surface area contributed by atoms with Crippen LogP contribution < -0.4 is 85.1 Å². The first-order chi connectivity index (χ1) is 70.6. The third kappa shape index (κ3) is 40.6. The third-order valence-electron chi connectivity index (χ3n) is 24.1. The van der Waals surface area contributed by atoms with Crippen LogP contribution in [0, 0.1) is 11.8 Å². The number of aliphatic hydroxyl groups is 2. The molecule has 0 bridgehead atoms. The van der Waals surface area contributed by atoms with Crippen LogP contribution in [0.3, 0.4) is 0 Å². The number of carbonyl (C=O) groups is 25. The smallest absolute Gasteiger partial charge is 0.326 e. The number of amides is 17. The maximum Gasteiger partial charge on any atom is 0.326 e.